The molecular formula is C20H23N7O4. The van der Waals surface area contributed by atoms with Gasteiger partial charge in [-0.15, -0.1) is 0 Å². The van der Waals surface area contributed by atoms with Crippen molar-refractivity contribution in [2.75, 3.05) is 37.9 Å². The van der Waals surface area contributed by atoms with Gasteiger partial charge in [-0.05, 0) is 18.6 Å². The topological polar surface area (TPSA) is 137 Å². The molecule has 1 aliphatic heterocycles. The summed E-state index contributed by atoms with van der Waals surface area (Å²) in [6.45, 7) is 2.78. The SMILES string of the molecule is COCCOc1nc(-c2ccc3nc(NC(=O)C4CCN4C(C)=O)cn3c2)cnc1N. The minimum atomic E-state index is -0.445. The number of likely N-dealkylation sites (tertiary alicyclic amines) is 1. The second-order valence-electron chi connectivity index (χ2n) is 7.10. The zero-order valence-corrected chi connectivity index (χ0v) is 17.2. The molecular weight excluding hydrogens is 402 g/mol. The van der Waals surface area contributed by atoms with Crippen LogP contribution in [0, 0.1) is 0 Å². The fourth-order valence-corrected chi connectivity index (χ4v) is 3.30. The molecule has 11 nitrogen and oxygen atoms in total. The number of carbonyl (C=O) groups is 2. The Balaban J connectivity index is 1.52. The van der Waals surface area contributed by atoms with Gasteiger partial charge in [0.2, 0.25) is 11.8 Å². The lowest BCUT2D eigenvalue weighted by atomic mass is 10.0. The number of methoxy groups -OCH3 is 1. The van der Waals surface area contributed by atoms with Crippen LogP contribution in [0.15, 0.2) is 30.7 Å². The van der Waals surface area contributed by atoms with Crippen LogP contribution in [0.4, 0.5) is 11.6 Å². The average Bonchev–Trinajstić information content (AvgIpc) is 3.09. The van der Waals surface area contributed by atoms with Gasteiger partial charge in [0.05, 0.1) is 24.7 Å². The Kier molecular flexibility index (Phi) is 5.67. The summed E-state index contributed by atoms with van der Waals surface area (Å²) in [6, 6.07) is 3.20. The number of nitrogens with zero attached hydrogens (tertiary/aromatic N) is 5. The number of rotatable bonds is 7. The van der Waals surface area contributed by atoms with Gasteiger partial charge in [-0.3, -0.25) is 9.59 Å². The molecule has 0 aromatic carbocycles. The van der Waals surface area contributed by atoms with Gasteiger partial charge in [-0.1, -0.05) is 0 Å². The molecule has 0 spiro atoms. The standard InChI is InChI=1S/C20H23N7O4/c1-12(28)27-6-5-15(27)19(29)25-16-11-26-10-13(3-4-17(26)24-16)14-9-22-18(21)20(23-14)31-8-7-30-2/h3-4,9-11,15H,5-8H2,1-2H3,(H2,21,22)(H,25,29). The van der Waals surface area contributed by atoms with Crippen LogP contribution in [0.3, 0.4) is 0 Å². The maximum absolute atomic E-state index is 12.4. The van der Waals surface area contributed by atoms with E-state index in [0.29, 0.717) is 43.3 Å². The van der Waals surface area contributed by atoms with Crippen molar-refractivity contribution >= 4 is 29.1 Å². The Morgan fingerprint density at radius 3 is 2.81 bits per heavy atom. The van der Waals surface area contributed by atoms with Crippen LogP contribution in [0.1, 0.15) is 13.3 Å². The molecule has 31 heavy (non-hydrogen) atoms. The number of hydrogen-bond donors (Lipinski definition) is 2. The van der Waals surface area contributed by atoms with Crippen molar-refractivity contribution in [3.63, 3.8) is 0 Å². The third-order valence-corrected chi connectivity index (χ3v) is 5.02. The van der Waals surface area contributed by atoms with Gasteiger partial charge in [-0.25, -0.2) is 15.0 Å². The number of nitrogens with one attached hydrogen (secondary N) is 1. The molecule has 3 aromatic heterocycles. The number of hydrogen-bond acceptors (Lipinski definition) is 8. The maximum Gasteiger partial charge on any atom is 0.257 e. The second-order valence-corrected chi connectivity index (χ2v) is 7.10. The van der Waals surface area contributed by atoms with E-state index in [9.17, 15) is 9.59 Å². The van der Waals surface area contributed by atoms with Crippen molar-refractivity contribution in [3.8, 4) is 17.1 Å². The van der Waals surface area contributed by atoms with Crippen LogP contribution >= 0.6 is 0 Å². The van der Waals surface area contributed by atoms with E-state index < -0.39 is 6.04 Å². The van der Waals surface area contributed by atoms with Crippen LogP contribution < -0.4 is 15.8 Å². The number of anilines is 2. The third kappa shape index (κ3) is 4.26. The number of nitrogens with two attached hydrogens (primary N) is 1. The van der Waals surface area contributed by atoms with E-state index in [4.69, 9.17) is 15.2 Å². The lowest BCUT2D eigenvalue weighted by Gasteiger charge is -2.38. The predicted octanol–water partition coefficient (Wildman–Crippen LogP) is 0.958. The van der Waals surface area contributed by atoms with Gasteiger partial charge in [0, 0.05) is 32.3 Å². The molecule has 1 fully saturated rings. The fraction of sp³-hybridized carbons (Fsp3) is 0.350. The molecule has 3 N–H and O–H groups in total. The number of amides is 2. The third-order valence-electron chi connectivity index (χ3n) is 5.02. The summed E-state index contributed by atoms with van der Waals surface area (Å²) in [7, 11) is 1.58. The van der Waals surface area contributed by atoms with Crippen molar-refractivity contribution in [3.05, 3.63) is 30.7 Å². The summed E-state index contributed by atoms with van der Waals surface area (Å²) in [5, 5.41) is 2.78. The van der Waals surface area contributed by atoms with Crippen molar-refractivity contribution in [2.45, 2.75) is 19.4 Å². The van der Waals surface area contributed by atoms with Gasteiger partial charge in [0.15, 0.2) is 11.6 Å². The first-order valence-electron chi connectivity index (χ1n) is 9.77. The first kappa shape index (κ1) is 20.5. The van der Waals surface area contributed by atoms with Crippen LogP contribution in [-0.4, -0.2) is 69.0 Å². The van der Waals surface area contributed by atoms with Crippen molar-refractivity contribution in [2.24, 2.45) is 0 Å². The fourth-order valence-electron chi connectivity index (χ4n) is 3.30. The molecule has 1 atom stereocenters. The number of pyridine rings is 1. The van der Waals surface area contributed by atoms with Gasteiger partial charge in [0.1, 0.15) is 18.3 Å². The molecule has 4 heterocycles. The van der Waals surface area contributed by atoms with E-state index in [1.807, 2.05) is 12.3 Å². The Bertz CT molecular complexity index is 1130. The Hall–Kier alpha value is -3.73. The zero-order valence-electron chi connectivity index (χ0n) is 17.2. The largest absolute Gasteiger partial charge is 0.473 e. The highest BCUT2D eigenvalue weighted by Gasteiger charge is 2.36. The van der Waals surface area contributed by atoms with Crippen molar-refractivity contribution < 1.29 is 19.1 Å². The van der Waals surface area contributed by atoms with Gasteiger partial charge in [0.25, 0.3) is 5.88 Å². The van der Waals surface area contributed by atoms with Gasteiger partial charge in [-0.2, -0.15) is 0 Å². The molecule has 3 aromatic rings. The highest BCUT2D eigenvalue weighted by molar-refractivity contribution is 5.97. The van der Waals surface area contributed by atoms with Crippen LogP contribution in [0.25, 0.3) is 16.9 Å². The van der Waals surface area contributed by atoms with Crippen molar-refractivity contribution in [1.29, 1.82) is 0 Å². The minimum absolute atomic E-state index is 0.110. The van der Waals surface area contributed by atoms with Crippen LogP contribution in [0.5, 0.6) is 5.88 Å². The summed E-state index contributed by atoms with van der Waals surface area (Å²) in [5.74, 6) is 0.492. The lowest BCUT2D eigenvalue weighted by molar-refractivity contribution is -0.143. The first-order chi connectivity index (χ1) is 15.0. The monoisotopic (exact) mass is 425 g/mol. The number of imidazole rings is 1. The molecule has 1 unspecified atom stereocenters. The second kappa shape index (κ2) is 8.56. The Morgan fingerprint density at radius 1 is 1.26 bits per heavy atom. The molecule has 4 rings (SSSR count). The lowest BCUT2D eigenvalue weighted by Crippen LogP contribution is -2.56. The highest BCUT2D eigenvalue weighted by atomic mass is 16.5. The Labute approximate surface area is 178 Å². The molecule has 162 valence electrons. The summed E-state index contributed by atoms with van der Waals surface area (Å²) >= 11 is 0. The van der Waals surface area contributed by atoms with E-state index in [2.05, 4.69) is 20.3 Å². The molecule has 1 saturated heterocycles. The van der Waals surface area contributed by atoms with E-state index in [-0.39, 0.29) is 23.5 Å². The number of ether oxygens (including phenoxy) is 2. The van der Waals surface area contributed by atoms with E-state index in [0.717, 1.165) is 5.56 Å². The summed E-state index contributed by atoms with van der Waals surface area (Å²) in [5.41, 5.74) is 7.84. The molecule has 0 saturated carbocycles. The van der Waals surface area contributed by atoms with Gasteiger partial charge < -0.3 is 29.8 Å². The first-order valence-corrected chi connectivity index (χ1v) is 9.77. The van der Waals surface area contributed by atoms with E-state index >= 15 is 0 Å². The van der Waals surface area contributed by atoms with Crippen LogP contribution in [-0.2, 0) is 14.3 Å². The summed E-state index contributed by atoms with van der Waals surface area (Å²) in [4.78, 5) is 38.5. The Morgan fingerprint density at radius 2 is 2.10 bits per heavy atom. The summed E-state index contributed by atoms with van der Waals surface area (Å²) < 4.78 is 12.3. The van der Waals surface area contributed by atoms with E-state index in [1.165, 1.54) is 11.8 Å². The number of nitrogen functional groups attached to an aromatic ring is 1. The smallest absolute Gasteiger partial charge is 0.257 e. The minimum Gasteiger partial charge on any atom is -0.473 e. The normalized spacial score (nSPS) is 15.5. The average molecular weight is 425 g/mol. The maximum atomic E-state index is 12.4. The molecule has 1 aliphatic rings. The van der Waals surface area contributed by atoms with Gasteiger partial charge >= 0.3 is 0 Å². The molecule has 0 radical (unpaired) electrons. The van der Waals surface area contributed by atoms with Crippen LogP contribution in [0.2, 0.25) is 0 Å². The quantitative estimate of drug-likeness (QED) is 0.534. The zero-order chi connectivity index (χ0) is 22.0. The molecule has 0 bridgehead atoms. The molecule has 0 aliphatic carbocycles. The number of aromatic nitrogens is 4. The number of fused-ring (bicyclic) bond motifs is 1. The highest BCUT2D eigenvalue weighted by Crippen LogP contribution is 2.24. The summed E-state index contributed by atoms with van der Waals surface area (Å²) in [6.07, 6.45) is 5.73. The molecule has 11 heteroatoms. The van der Waals surface area contributed by atoms with E-state index in [1.54, 1.807) is 30.0 Å². The predicted molar refractivity (Wildman–Crippen MR) is 112 cm³/mol. The number of carbonyl (C=O) groups excluding carboxylic acids is 2. The molecule has 2 amide bonds. The van der Waals surface area contributed by atoms with Crippen molar-refractivity contribution in [1.82, 2.24) is 24.3 Å².